The molecular formula is C29H33N3O4. The van der Waals surface area contributed by atoms with Gasteiger partial charge in [-0.05, 0) is 49.9 Å². The molecule has 2 amide bonds. The van der Waals surface area contributed by atoms with E-state index >= 15 is 0 Å². The zero-order valence-corrected chi connectivity index (χ0v) is 20.9. The highest BCUT2D eigenvalue weighted by molar-refractivity contribution is 5.94. The maximum atomic E-state index is 13.2. The van der Waals surface area contributed by atoms with Crippen molar-refractivity contribution >= 4 is 11.8 Å². The third-order valence-corrected chi connectivity index (χ3v) is 6.52. The summed E-state index contributed by atoms with van der Waals surface area (Å²) in [7, 11) is 0. The molecule has 7 heteroatoms. The Labute approximate surface area is 211 Å². The van der Waals surface area contributed by atoms with E-state index in [0.717, 1.165) is 42.6 Å². The van der Waals surface area contributed by atoms with Gasteiger partial charge in [-0.1, -0.05) is 55.0 Å². The molecule has 1 fully saturated rings. The number of nitrogens with one attached hydrogen (secondary N) is 1. The number of ether oxygens (including phenoxy) is 1. The van der Waals surface area contributed by atoms with Crippen molar-refractivity contribution in [1.82, 2.24) is 14.8 Å². The number of carbonyl (C=O) groups excluding carboxylic acids is 2. The number of pyridine rings is 1. The van der Waals surface area contributed by atoms with Crippen LogP contribution in [0.3, 0.4) is 0 Å². The van der Waals surface area contributed by atoms with E-state index in [4.69, 9.17) is 4.74 Å². The summed E-state index contributed by atoms with van der Waals surface area (Å²) in [5, 5.41) is 3.00. The SMILES string of the molecule is CCC(NC(=O)c1cccn(Cc2cccc(C)c2)c1=O)c1ccccc1OCC(=O)N1CCCC1. The molecule has 1 saturated heterocycles. The summed E-state index contributed by atoms with van der Waals surface area (Å²) in [6, 6.07) is 18.2. The molecule has 0 radical (unpaired) electrons. The van der Waals surface area contributed by atoms with Crippen LogP contribution in [0.1, 0.15) is 59.3 Å². The standard InChI is InChI=1S/C29H33N3O4/c1-3-25(23-12-4-5-14-26(23)36-20-27(33)31-15-6-7-16-31)30-28(34)24-13-9-17-32(29(24)35)19-22-11-8-10-21(2)18-22/h4-5,8-14,17-18,25H,3,6-7,15-16,19-20H2,1-2H3,(H,30,34). The van der Waals surface area contributed by atoms with E-state index in [-0.39, 0.29) is 29.7 Å². The fourth-order valence-corrected chi connectivity index (χ4v) is 4.57. The molecule has 0 aliphatic carbocycles. The summed E-state index contributed by atoms with van der Waals surface area (Å²) in [6.07, 6.45) is 4.34. The van der Waals surface area contributed by atoms with E-state index in [1.165, 1.54) is 0 Å². The first kappa shape index (κ1) is 25.2. The van der Waals surface area contributed by atoms with Crippen LogP contribution < -0.4 is 15.6 Å². The summed E-state index contributed by atoms with van der Waals surface area (Å²) < 4.78 is 7.44. The van der Waals surface area contributed by atoms with Gasteiger partial charge in [0.15, 0.2) is 6.61 Å². The van der Waals surface area contributed by atoms with Gasteiger partial charge in [-0.2, -0.15) is 0 Å². The lowest BCUT2D eigenvalue weighted by Gasteiger charge is -2.22. The highest BCUT2D eigenvalue weighted by Gasteiger charge is 2.22. The maximum Gasteiger partial charge on any atom is 0.263 e. The van der Waals surface area contributed by atoms with Crippen molar-refractivity contribution in [3.8, 4) is 5.75 Å². The van der Waals surface area contributed by atoms with Gasteiger partial charge in [0.05, 0.1) is 12.6 Å². The van der Waals surface area contributed by atoms with E-state index in [2.05, 4.69) is 5.32 Å². The topological polar surface area (TPSA) is 80.6 Å². The Balaban J connectivity index is 1.48. The summed E-state index contributed by atoms with van der Waals surface area (Å²) >= 11 is 0. The van der Waals surface area contributed by atoms with Crippen LogP contribution in [0.2, 0.25) is 0 Å². The number of hydrogen-bond acceptors (Lipinski definition) is 4. The molecule has 2 heterocycles. The summed E-state index contributed by atoms with van der Waals surface area (Å²) in [5.41, 5.74) is 2.64. The number of benzene rings is 2. The largest absolute Gasteiger partial charge is 0.483 e. The lowest BCUT2D eigenvalue weighted by atomic mass is 10.0. The van der Waals surface area contributed by atoms with Crippen molar-refractivity contribution in [2.45, 2.75) is 45.7 Å². The molecule has 1 aliphatic rings. The lowest BCUT2D eigenvalue weighted by Crippen LogP contribution is -2.35. The fourth-order valence-electron chi connectivity index (χ4n) is 4.57. The second-order valence-electron chi connectivity index (χ2n) is 9.19. The first-order valence-electron chi connectivity index (χ1n) is 12.5. The molecule has 188 valence electrons. The Morgan fingerprint density at radius 2 is 1.81 bits per heavy atom. The third-order valence-electron chi connectivity index (χ3n) is 6.52. The molecular weight excluding hydrogens is 454 g/mol. The number of rotatable bonds is 9. The fraction of sp³-hybridized carbons (Fsp3) is 0.345. The second-order valence-corrected chi connectivity index (χ2v) is 9.19. The van der Waals surface area contributed by atoms with Crippen LogP contribution in [0.15, 0.2) is 71.7 Å². The molecule has 1 atom stereocenters. The number of amides is 2. The van der Waals surface area contributed by atoms with Gasteiger partial charge in [0.2, 0.25) is 0 Å². The molecule has 2 aromatic carbocycles. The van der Waals surface area contributed by atoms with Gasteiger partial charge in [0, 0.05) is 24.8 Å². The molecule has 1 unspecified atom stereocenters. The first-order valence-corrected chi connectivity index (χ1v) is 12.5. The molecule has 0 spiro atoms. The van der Waals surface area contributed by atoms with E-state index in [1.807, 2.05) is 61.2 Å². The van der Waals surface area contributed by atoms with Gasteiger partial charge in [0.25, 0.3) is 17.4 Å². The predicted molar refractivity (Wildman–Crippen MR) is 139 cm³/mol. The van der Waals surface area contributed by atoms with Crippen molar-refractivity contribution in [2.24, 2.45) is 0 Å². The van der Waals surface area contributed by atoms with Crippen molar-refractivity contribution in [3.05, 3.63) is 99.5 Å². The van der Waals surface area contributed by atoms with E-state index in [1.54, 1.807) is 29.0 Å². The molecule has 1 aliphatic heterocycles. The lowest BCUT2D eigenvalue weighted by molar-refractivity contribution is -0.132. The first-order chi connectivity index (χ1) is 17.5. The minimum Gasteiger partial charge on any atom is -0.483 e. The predicted octanol–water partition coefficient (Wildman–Crippen LogP) is 4.09. The highest BCUT2D eigenvalue weighted by Crippen LogP contribution is 2.27. The Bertz CT molecular complexity index is 1280. The summed E-state index contributed by atoms with van der Waals surface area (Å²) in [4.78, 5) is 40.6. The third kappa shape index (κ3) is 6.03. The molecule has 0 saturated carbocycles. The zero-order chi connectivity index (χ0) is 25.5. The molecule has 7 nitrogen and oxygen atoms in total. The Hall–Kier alpha value is -3.87. The average molecular weight is 488 g/mol. The second kappa shape index (κ2) is 11.7. The van der Waals surface area contributed by atoms with Crippen LogP contribution in [0.25, 0.3) is 0 Å². The van der Waals surface area contributed by atoms with Crippen LogP contribution in [0.5, 0.6) is 5.75 Å². The maximum absolute atomic E-state index is 13.2. The van der Waals surface area contributed by atoms with E-state index in [0.29, 0.717) is 18.7 Å². The monoisotopic (exact) mass is 487 g/mol. The average Bonchev–Trinajstić information content (AvgIpc) is 3.42. The van der Waals surface area contributed by atoms with Crippen LogP contribution >= 0.6 is 0 Å². The Kier molecular flexibility index (Phi) is 8.21. The van der Waals surface area contributed by atoms with E-state index in [9.17, 15) is 14.4 Å². The molecule has 1 aromatic heterocycles. The quantitative estimate of drug-likeness (QED) is 0.493. The zero-order valence-electron chi connectivity index (χ0n) is 20.9. The van der Waals surface area contributed by atoms with Crippen molar-refractivity contribution < 1.29 is 14.3 Å². The van der Waals surface area contributed by atoms with Crippen molar-refractivity contribution in [2.75, 3.05) is 19.7 Å². The molecule has 4 rings (SSSR count). The van der Waals surface area contributed by atoms with Gasteiger partial charge in [-0.3, -0.25) is 14.4 Å². The van der Waals surface area contributed by atoms with Gasteiger partial charge in [0.1, 0.15) is 11.3 Å². The van der Waals surface area contributed by atoms with Crippen LogP contribution in [-0.2, 0) is 11.3 Å². The molecule has 0 bridgehead atoms. The number of para-hydroxylation sites is 1. The van der Waals surface area contributed by atoms with E-state index < -0.39 is 5.91 Å². The molecule has 36 heavy (non-hydrogen) atoms. The Morgan fingerprint density at radius 1 is 1.03 bits per heavy atom. The van der Waals surface area contributed by atoms with Gasteiger partial charge >= 0.3 is 0 Å². The van der Waals surface area contributed by atoms with Gasteiger partial charge < -0.3 is 19.5 Å². The number of aryl methyl sites for hydroxylation is 1. The van der Waals surface area contributed by atoms with Crippen LogP contribution in [0.4, 0.5) is 0 Å². The normalized spacial score (nSPS) is 13.9. The number of nitrogens with zero attached hydrogens (tertiary/aromatic N) is 2. The Morgan fingerprint density at radius 3 is 2.56 bits per heavy atom. The van der Waals surface area contributed by atoms with Crippen LogP contribution in [0, 0.1) is 6.92 Å². The number of aromatic nitrogens is 1. The van der Waals surface area contributed by atoms with Crippen molar-refractivity contribution in [3.63, 3.8) is 0 Å². The molecule has 3 aromatic rings. The van der Waals surface area contributed by atoms with Crippen LogP contribution in [-0.4, -0.2) is 41.0 Å². The number of hydrogen-bond donors (Lipinski definition) is 1. The number of likely N-dealkylation sites (tertiary alicyclic amines) is 1. The summed E-state index contributed by atoms with van der Waals surface area (Å²) in [6.45, 7) is 5.86. The number of carbonyl (C=O) groups is 2. The minimum atomic E-state index is -0.437. The molecule has 1 N–H and O–H groups in total. The minimum absolute atomic E-state index is 0.0298. The summed E-state index contributed by atoms with van der Waals surface area (Å²) in [5.74, 6) is 0.0911. The van der Waals surface area contributed by atoms with Gasteiger partial charge in [-0.25, -0.2) is 0 Å². The van der Waals surface area contributed by atoms with Gasteiger partial charge in [-0.15, -0.1) is 0 Å². The van der Waals surface area contributed by atoms with Crippen molar-refractivity contribution in [1.29, 1.82) is 0 Å². The smallest absolute Gasteiger partial charge is 0.263 e. The highest BCUT2D eigenvalue weighted by atomic mass is 16.5.